The fourth-order valence-corrected chi connectivity index (χ4v) is 3.35. The van der Waals surface area contributed by atoms with Crippen LogP contribution in [-0.2, 0) is 13.5 Å². The number of rotatable bonds is 2. The van der Waals surface area contributed by atoms with E-state index < -0.39 is 0 Å². The van der Waals surface area contributed by atoms with Gasteiger partial charge in [-0.2, -0.15) is 5.10 Å². The summed E-state index contributed by atoms with van der Waals surface area (Å²) in [5, 5.41) is 7.48. The third-order valence-corrected chi connectivity index (χ3v) is 4.16. The summed E-state index contributed by atoms with van der Waals surface area (Å²) in [6.45, 7) is 2.14. The average molecular weight is 258 g/mol. The summed E-state index contributed by atoms with van der Waals surface area (Å²) in [4.78, 5) is 4.32. The molecule has 0 spiro atoms. The Bertz CT molecular complexity index is 711. The highest BCUT2D eigenvalue weighted by Gasteiger charge is 2.13. The highest BCUT2D eigenvalue weighted by atomic mass is 32.1. The molecule has 0 aromatic carbocycles. The molecule has 0 aliphatic heterocycles. The van der Waals surface area contributed by atoms with Gasteiger partial charge >= 0.3 is 0 Å². The van der Waals surface area contributed by atoms with Crippen LogP contribution in [0.15, 0.2) is 24.0 Å². The van der Waals surface area contributed by atoms with Gasteiger partial charge in [0.05, 0.1) is 6.20 Å². The number of nitrogens with zero attached hydrogens (tertiary/aromatic N) is 3. The molecule has 0 atom stereocenters. The second-order valence-electron chi connectivity index (χ2n) is 4.28. The van der Waals surface area contributed by atoms with E-state index in [9.17, 15) is 0 Å². The van der Waals surface area contributed by atoms with Crippen molar-refractivity contribution in [2.24, 2.45) is 7.05 Å². The summed E-state index contributed by atoms with van der Waals surface area (Å²) in [6.07, 6.45) is 6.67. The number of aryl methyl sites for hydroxylation is 2. The molecule has 0 aliphatic carbocycles. The van der Waals surface area contributed by atoms with Crippen LogP contribution in [0.1, 0.15) is 12.5 Å². The fourth-order valence-electron chi connectivity index (χ4n) is 2.16. The van der Waals surface area contributed by atoms with Crippen LogP contribution in [0.4, 0.5) is 5.82 Å². The number of thiophene rings is 1. The van der Waals surface area contributed by atoms with Crippen LogP contribution in [-0.4, -0.2) is 14.8 Å². The number of nitrogen functional groups attached to an aromatic ring is 1. The molecule has 5 heteroatoms. The van der Waals surface area contributed by atoms with E-state index in [1.165, 1.54) is 10.3 Å². The van der Waals surface area contributed by atoms with Crippen molar-refractivity contribution in [3.8, 4) is 11.1 Å². The van der Waals surface area contributed by atoms with E-state index in [4.69, 9.17) is 5.73 Å². The topological polar surface area (TPSA) is 56.7 Å². The molecule has 4 nitrogen and oxygen atoms in total. The maximum atomic E-state index is 6.00. The Morgan fingerprint density at radius 2 is 2.22 bits per heavy atom. The molecule has 0 aliphatic rings. The van der Waals surface area contributed by atoms with Crippen LogP contribution in [0, 0.1) is 0 Å². The van der Waals surface area contributed by atoms with Crippen molar-refractivity contribution in [3.63, 3.8) is 0 Å². The second-order valence-corrected chi connectivity index (χ2v) is 5.16. The maximum absolute atomic E-state index is 6.00. The second kappa shape index (κ2) is 4.10. The van der Waals surface area contributed by atoms with Crippen molar-refractivity contribution in [3.05, 3.63) is 29.5 Å². The number of hydrogen-bond acceptors (Lipinski definition) is 4. The van der Waals surface area contributed by atoms with Gasteiger partial charge < -0.3 is 5.73 Å². The molecule has 3 heterocycles. The summed E-state index contributed by atoms with van der Waals surface area (Å²) in [5.74, 6) is 0.621. The van der Waals surface area contributed by atoms with Crippen molar-refractivity contribution in [1.29, 1.82) is 0 Å². The highest BCUT2D eigenvalue weighted by Crippen LogP contribution is 2.37. The standard InChI is InChI=1S/C13H14N4S/c1-3-8-7-18-12-10(5-15-13(14)11(8)12)9-4-16-17(2)6-9/h4-7H,3H2,1-2H3,(H2,14,15). The zero-order valence-corrected chi connectivity index (χ0v) is 11.2. The molecule has 0 saturated carbocycles. The lowest BCUT2D eigenvalue weighted by atomic mass is 10.1. The first-order valence-corrected chi connectivity index (χ1v) is 6.72. The van der Waals surface area contributed by atoms with Crippen LogP contribution in [0.5, 0.6) is 0 Å². The predicted molar refractivity (Wildman–Crippen MR) is 75.6 cm³/mol. The fraction of sp³-hybridized carbons (Fsp3) is 0.231. The van der Waals surface area contributed by atoms with Crippen LogP contribution < -0.4 is 5.73 Å². The van der Waals surface area contributed by atoms with E-state index in [1.807, 2.05) is 25.6 Å². The zero-order chi connectivity index (χ0) is 12.7. The van der Waals surface area contributed by atoms with E-state index in [-0.39, 0.29) is 0 Å². The molecule has 0 amide bonds. The van der Waals surface area contributed by atoms with Gasteiger partial charge in [0, 0.05) is 40.7 Å². The van der Waals surface area contributed by atoms with Crippen molar-refractivity contribution >= 4 is 27.2 Å². The van der Waals surface area contributed by atoms with Gasteiger partial charge in [-0.1, -0.05) is 6.92 Å². The molecular formula is C13H14N4S. The van der Waals surface area contributed by atoms with Crippen molar-refractivity contribution < 1.29 is 0 Å². The van der Waals surface area contributed by atoms with Crippen LogP contribution in [0.3, 0.4) is 0 Å². The van der Waals surface area contributed by atoms with Crippen molar-refractivity contribution in [2.75, 3.05) is 5.73 Å². The number of aromatic nitrogens is 3. The first-order chi connectivity index (χ1) is 8.70. The third kappa shape index (κ3) is 1.59. The van der Waals surface area contributed by atoms with E-state index in [1.54, 1.807) is 16.0 Å². The first-order valence-electron chi connectivity index (χ1n) is 5.84. The smallest absolute Gasteiger partial charge is 0.132 e. The van der Waals surface area contributed by atoms with Gasteiger partial charge in [-0.15, -0.1) is 11.3 Å². The normalized spacial score (nSPS) is 11.2. The molecule has 18 heavy (non-hydrogen) atoms. The van der Waals surface area contributed by atoms with Crippen LogP contribution in [0.25, 0.3) is 21.2 Å². The molecule has 3 aromatic rings. The summed E-state index contributed by atoms with van der Waals surface area (Å²) in [5.41, 5.74) is 9.46. The molecular weight excluding hydrogens is 244 g/mol. The quantitative estimate of drug-likeness (QED) is 0.769. The monoisotopic (exact) mass is 258 g/mol. The molecule has 2 N–H and O–H groups in total. The van der Waals surface area contributed by atoms with E-state index >= 15 is 0 Å². The summed E-state index contributed by atoms with van der Waals surface area (Å²) >= 11 is 1.73. The number of nitrogens with two attached hydrogens (primary N) is 1. The SMILES string of the molecule is CCc1csc2c(-c3cnn(C)c3)cnc(N)c12. The first kappa shape index (κ1) is 11.2. The van der Waals surface area contributed by atoms with Gasteiger partial charge in [-0.3, -0.25) is 4.68 Å². The Balaban J connectivity index is 2.31. The summed E-state index contributed by atoms with van der Waals surface area (Å²) in [6, 6.07) is 0. The van der Waals surface area contributed by atoms with Crippen LogP contribution >= 0.6 is 11.3 Å². The van der Waals surface area contributed by atoms with Gasteiger partial charge in [0.15, 0.2) is 0 Å². The maximum Gasteiger partial charge on any atom is 0.132 e. The van der Waals surface area contributed by atoms with Crippen molar-refractivity contribution in [1.82, 2.24) is 14.8 Å². The van der Waals surface area contributed by atoms with Gasteiger partial charge in [-0.05, 0) is 17.4 Å². The van der Waals surface area contributed by atoms with E-state index in [2.05, 4.69) is 22.4 Å². The Morgan fingerprint density at radius 1 is 1.39 bits per heavy atom. The Labute approximate surface area is 109 Å². The minimum atomic E-state index is 0.621. The minimum Gasteiger partial charge on any atom is -0.383 e. The number of pyridine rings is 1. The molecule has 0 fully saturated rings. The largest absolute Gasteiger partial charge is 0.383 e. The molecule has 0 bridgehead atoms. The molecule has 0 saturated heterocycles. The third-order valence-electron chi connectivity index (χ3n) is 3.10. The molecule has 3 rings (SSSR count). The van der Waals surface area contributed by atoms with Gasteiger partial charge in [0.2, 0.25) is 0 Å². The lowest BCUT2D eigenvalue weighted by Crippen LogP contribution is -1.93. The average Bonchev–Trinajstić information content (AvgIpc) is 2.96. The predicted octanol–water partition coefficient (Wildman–Crippen LogP) is 2.84. The van der Waals surface area contributed by atoms with E-state index in [0.29, 0.717) is 5.82 Å². The van der Waals surface area contributed by atoms with Crippen molar-refractivity contribution in [2.45, 2.75) is 13.3 Å². The van der Waals surface area contributed by atoms with Crippen LogP contribution in [0.2, 0.25) is 0 Å². The zero-order valence-electron chi connectivity index (χ0n) is 10.3. The lowest BCUT2D eigenvalue weighted by Gasteiger charge is -2.03. The molecule has 0 radical (unpaired) electrons. The number of anilines is 1. The van der Waals surface area contributed by atoms with E-state index in [0.717, 1.165) is 22.9 Å². The Kier molecular flexibility index (Phi) is 2.56. The highest BCUT2D eigenvalue weighted by molar-refractivity contribution is 7.18. The minimum absolute atomic E-state index is 0.621. The summed E-state index contributed by atoms with van der Waals surface area (Å²) in [7, 11) is 1.91. The van der Waals surface area contributed by atoms with Gasteiger partial charge in [0.25, 0.3) is 0 Å². The van der Waals surface area contributed by atoms with Gasteiger partial charge in [-0.25, -0.2) is 4.98 Å². The van der Waals surface area contributed by atoms with Gasteiger partial charge in [0.1, 0.15) is 5.82 Å². The lowest BCUT2D eigenvalue weighted by molar-refractivity contribution is 0.768. The molecule has 0 unspecified atom stereocenters. The number of hydrogen-bond donors (Lipinski definition) is 1. The molecule has 3 aromatic heterocycles. The Hall–Kier alpha value is -1.88. The summed E-state index contributed by atoms with van der Waals surface area (Å²) < 4.78 is 3.00. The number of fused-ring (bicyclic) bond motifs is 1. The molecule has 92 valence electrons. The Morgan fingerprint density at radius 3 is 2.89 bits per heavy atom.